The van der Waals surface area contributed by atoms with Crippen molar-refractivity contribution in [2.45, 2.75) is 44.3 Å². The van der Waals surface area contributed by atoms with E-state index in [0.717, 1.165) is 18.3 Å². The molecule has 0 aliphatic carbocycles. The molecule has 2 saturated heterocycles. The summed E-state index contributed by atoms with van der Waals surface area (Å²) in [5.74, 6) is 0. The van der Waals surface area contributed by atoms with Crippen molar-refractivity contribution >= 4 is 17.0 Å². The van der Waals surface area contributed by atoms with Gasteiger partial charge >= 0.3 is 0 Å². The van der Waals surface area contributed by atoms with E-state index in [0.29, 0.717) is 6.04 Å². The molecule has 4 heteroatoms. The monoisotopic (exact) mass is 251 g/mol. The molecule has 0 radical (unpaired) electrons. The number of nitrogen functional groups attached to an aromatic ring is 1. The van der Waals surface area contributed by atoms with Crippen molar-refractivity contribution in [3.63, 3.8) is 0 Å². The Bertz CT molecular complexity index is 376. The Kier molecular flexibility index (Phi) is 3.36. The van der Waals surface area contributed by atoms with E-state index in [2.05, 4.69) is 15.6 Å². The Morgan fingerprint density at radius 2 is 2.29 bits per heavy atom. The van der Waals surface area contributed by atoms with Crippen LogP contribution < -0.4 is 11.1 Å². The zero-order valence-electron chi connectivity index (χ0n) is 10.2. The van der Waals surface area contributed by atoms with Gasteiger partial charge in [0.15, 0.2) is 0 Å². The number of nitrogens with zero attached hydrogens (tertiary/aromatic N) is 1. The second kappa shape index (κ2) is 4.96. The minimum absolute atomic E-state index is 0.678. The third-order valence-electron chi connectivity index (χ3n) is 4.16. The molecule has 3 nitrogen and oxygen atoms in total. The van der Waals surface area contributed by atoms with Crippen LogP contribution in [0.25, 0.3) is 0 Å². The van der Waals surface area contributed by atoms with Crippen LogP contribution in [0.3, 0.4) is 0 Å². The quantitative estimate of drug-likeness (QED) is 0.864. The average molecular weight is 251 g/mol. The van der Waals surface area contributed by atoms with Crippen molar-refractivity contribution < 1.29 is 0 Å². The number of nitrogens with two attached hydrogens (primary N) is 1. The lowest BCUT2D eigenvalue weighted by atomic mass is 9.99. The summed E-state index contributed by atoms with van der Waals surface area (Å²) in [6.45, 7) is 3.53. The highest BCUT2D eigenvalue weighted by atomic mass is 32.1. The molecule has 3 rings (SSSR count). The number of rotatable bonds is 3. The maximum Gasteiger partial charge on any atom is 0.0468 e. The van der Waals surface area contributed by atoms with Crippen molar-refractivity contribution in [1.82, 2.24) is 10.2 Å². The maximum absolute atomic E-state index is 5.92. The smallest absolute Gasteiger partial charge is 0.0468 e. The summed E-state index contributed by atoms with van der Waals surface area (Å²) in [6.07, 6.45) is 5.47. The van der Waals surface area contributed by atoms with Gasteiger partial charge in [-0.05, 0) is 37.3 Å². The van der Waals surface area contributed by atoms with Gasteiger partial charge in [-0.1, -0.05) is 6.42 Å². The van der Waals surface area contributed by atoms with E-state index in [1.807, 2.05) is 6.07 Å². The summed E-state index contributed by atoms with van der Waals surface area (Å²) in [5, 5.41) is 5.79. The Morgan fingerprint density at radius 1 is 1.35 bits per heavy atom. The summed E-state index contributed by atoms with van der Waals surface area (Å²) >= 11 is 1.76. The van der Waals surface area contributed by atoms with Crippen molar-refractivity contribution in [3.8, 4) is 0 Å². The molecule has 0 saturated carbocycles. The number of fused-ring (bicyclic) bond motifs is 1. The van der Waals surface area contributed by atoms with Crippen LogP contribution in [-0.2, 0) is 6.54 Å². The fraction of sp³-hybridized carbons (Fsp3) is 0.692. The predicted octanol–water partition coefficient (Wildman–Crippen LogP) is 2.05. The number of thiophene rings is 1. The minimum Gasteiger partial charge on any atom is -0.398 e. The second-order valence-corrected chi connectivity index (χ2v) is 6.17. The van der Waals surface area contributed by atoms with Crippen LogP contribution in [0, 0.1) is 0 Å². The average Bonchev–Trinajstić information content (AvgIpc) is 2.93. The highest BCUT2D eigenvalue weighted by molar-refractivity contribution is 7.10. The van der Waals surface area contributed by atoms with Crippen molar-refractivity contribution in [2.75, 3.05) is 18.8 Å². The van der Waals surface area contributed by atoms with E-state index in [4.69, 9.17) is 5.73 Å². The molecule has 0 aromatic carbocycles. The largest absolute Gasteiger partial charge is 0.398 e. The SMILES string of the molecule is Nc1ccsc1CNC1CCN2CCCCC12. The molecule has 0 spiro atoms. The first-order chi connectivity index (χ1) is 8.34. The molecular formula is C13H21N3S. The molecule has 17 heavy (non-hydrogen) atoms. The van der Waals surface area contributed by atoms with Crippen LogP contribution in [0.1, 0.15) is 30.6 Å². The highest BCUT2D eigenvalue weighted by Gasteiger charge is 2.34. The topological polar surface area (TPSA) is 41.3 Å². The third-order valence-corrected chi connectivity index (χ3v) is 5.10. The standard InChI is InChI=1S/C13H21N3S/c14-10-5-8-17-13(10)9-15-11-4-7-16-6-2-1-3-12(11)16/h5,8,11-12,15H,1-4,6-7,9,14H2. The summed E-state index contributed by atoms with van der Waals surface area (Å²) in [6, 6.07) is 3.46. The second-order valence-electron chi connectivity index (χ2n) is 5.17. The van der Waals surface area contributed by atoms with Gasteiger partial charge in [0.1, 0.15) is 0 Å². The number of piperidine rings is 1. The number of hydrogen-bond donors (Lipinski definition) is 2. The predicted molar refractivity (Wildman–Crippen MR) is 73.2 cm³/mol. The van der Waals surface area contributed by atoms with E-state index in [9.17, 15) is 0 Å². The molecule has 0 amide bonds. The van der Waals surface area contributed by atoms with Crippen LogP contribution in [-0.4, -0.2) is 30.1 Å². The number of nitrogens with one attached hydrogen (secondary N) is 1. The first-order valence-electron chi connectivity index (χ1n) is 6.64. The zero-order valence-corrected chi connectivity index (χ0v) is 11.0. The van der Waals surface area contributed by atoms with Crippen LogP contribution >= 0.6 is 11.3 Å². The molecule has 2 aliphatic rings. The van der Waals surface area contributed by atoms with Crippen LogP contribution in [0.4, 0.5) is 5.69 Å². The number of anilines is 1. The highest BCUT2D eigenvalue weighted by Crippen LogP contribution is 2.28. The Labute approximate surface area is 107 Å². The van der Waals surface area contributed by atoms with Gasteiger partial charge in [-0.25, -0.2) is 0 Å². The molecule has 1 aromatic rings. The lowest BCUT2D eigenvalue weighted by Gasteiger charge is -2.32. The van der Waals surface area contributed by atoms with E-state index in [1.54, 1.807) is 11.3 Å². The number of hydrogen-bond acceptors (Lipinski definition) is 4. The molecule has 2 atom stereocenters. The molecule has 2 aliphatic heterocycles. The minimum atomic E-state index is 0.678. The zero-order chi connectivity index (χ0) is 11.7. The molecule has 2 unspecified atom stereocenters. The molecule has 94 valence electrons. The van der Waals surface area contributed by atoms with E-state index >= 15 is 0 Å². The van der Waals surface area contributed by atoms with Crippen molar-refractivity contribution in [2.24, 2.45) is 0 Å². The molecule has 3 N–H and O–H groups in total. The molecular weight excluding hydrogens is 230 g/mol. The maximum atomic E-state index is 5.92. The van der Waals surface area contributed by atoms with Gasteiger partial charge in [0, 0.05) is 35.7 Å². The fourth-order valence-corrected chi connectivity index (χ4v) is 3.95. The summed E-state index contributed by atoms with van der Waals surface area (Å²) < 4.78 is 0. The van der Waals surface area contributed by atoms with Gasteiger partial charge in [-0.15, -0.1) is 11.3 Å². The molecule has 3 heterocycles. The normalized spacial score (nSPS) is 29.4. The lowest BCUT2D eigenvalue weighted by molar-refractivity contribution is 0.180. The van der Waals surface area contributed by atoms with E-state index in [-0.39, 0.29) is 0 Å². The van der Waals surface area contributed by atoms with Gasteiger partial charge in [0.2, 0.25) is 0 Å². The Morgan fingerprint density at radius 3 is 3.12 bits per heavy atom. The van der Waals surface area contributed by atoms with Gasteiger partial charge < -0.3 is 11.1 Å². The third kappa shape index (κ3) is 2.34. The van der Waals surface area contributed by atoms with Gasteiger partial charge in [0.05, 0.1) is 0 Å². The van der Waals surface area contributed by atoms with Crippen LogP contribution in [0.5, 0.6) is 0 Å². The van der Waals surface area contributed by atoms with E-state index in [1.165, 1.54) is 43.6 Å². The summed E-state index contributed by atoms with van der Waals surface area (Å²) in [5.41, 5.74) is 6.86. The Hall–Kier alpha value is -0.580. The van der Waals surface area contributed by atoms with Gasteiger partial charge in [-0.2, -0.15) is 0 Å². The van der Waals surface area contributed by atoms with E-state index < -0.39 is 0 Å². The first-order valence-corrected chi connectivity index (χ1v) is 7.52. The van der Waals surface area contributed by atoms with Crippen LogP contribution in [0.15, 0.2) is 11.4 Å². The Balaban J connectivity index is 1.57. The molecule has 0 bridgehead atoms. The lowest BCUT2D eigenvalue weighted by Crippen LogP contribution is -2.44. The molecule has 2 fully saturated rings. The summed E-state index contributed by atoms with van der Waals surface area (Å²) in [7, 11) is 0. The molecule has 1 aromatic heterocycles. The van der Waals surface area contributed by atoms with Gasteiger partial charge in [0.25, 0.3) is 0 Å². The summed E-state index contributed by atoms with van der Waals surface area (Å²) in [4.78, 5) is 3.96. The van der Waals surface area contributed by atoms with Gasteiger partial charge in [-0.3, -0.25) is 4.90 Å². The van der Waals surface area contributed by atoms with Crippen molar-refractivity contribution in [3.05, 3.63) is 16.3 Å². The van der Waals surface area contributed by atoms with Crippen molar-refractivity contribution in [1.29, 1.82) is 0 Å². The van der Waals surface area contributed by atoms with Crippen LogP contribution in [0.2, 0.25) is 0 Å². The fourth-order valence-electron chi connectivity index (χ4n) is 3.20. The first kappa shape index (κ1) is 11.5.